The molecule has 1 aliphatic heterocycles. The van der Waals surface area contributed by atoms with Gasteiger partial charge < -0.3 is 10.2 Å². The van der Waals surface area contributed by atoms with Crippen LogP contribution in [0.15, 0.2) is 24.3 Å². The summed E-state index contributed by atoms with van der Waals surface area (Å²) in [4.78, 5) is 51.1. The highest BCUT2D eigenvalue weighted by Gasteiger charge is 2.39. The molecule has 1 N–H and O–H groups in total. The van der Waals surface area contributed by atoms with Crippen LogP contribution in [0.1, 0.15) is 34.6 Å². The van der Waals surface area contributed by atoms with E-state index in [0.717, 1.165) is 0 Å². The maximum Gasteiger partial charge on any atom is 0.354 e. The fourth-order valence-electron chi connectivity index (χ4n) is 1.78. The molecule has 1 unspecified atom stereocenters. The van der Waals surface area contributed by atoms with E-state index >= 15 is 0 Å². The number of nitrogens with zero attached hydrogens (tertiary/aromatic N) is 1. The lowest BCUT2D eigenvalue weighted by Crippen LogP contribution is -2.43. The molecule has 0 radical (unpaired) electrons. The topological polar surface area (TPSA) is 92.8 Å². The first-order valence-corrected chi connectivity index (χ1v) is 5.88. The van der Waals surface area contributed by atoms with E-state index < -0.39 is 29.7 Å². The van der Waals surface area contributed by atoms with Gasteiger partial charge in [-0.05, 0) is 19.1 Å². The Labute approximate surface area is 114 Å². The zero-order valence-corrected chi connectivity index (χ0v) is 10.9. The maximum absolute atomic E-state index is 11.9. The number of rotatable bonds is 3. The molecule has 20 heavy (non-hydrogen) atoms. The van der Waals surface area contributed by atoms with Crippen molar-refractivity contribution in [3.63, 3.8) is 0 Å². The molecule has 2 rings (SSSR count). The van der Waals surface area contributed by atoms with Gasteiger partial charge in [-0.1, -0.05) is 17.2 Å². The van der Waals surface area contributed by atoms with E-state index in [4.69, 9.17) is 4.84 Å². The Morgan fingerprint density at radius 1 is 1.15 bits per heavy atom. The summed E-state index contributed by atoms with van der Waals surface area (Å²) in [6, 6.07) is 5.20. The molecule has 1 aromatic carbocycles. The van der Waals surface area contributed by atoms with Crippen LogP contribution in [0.2, 0.25) is 0 Å². The summed E-state index contributed by atoms with van der Waals surface area (Å²) < 4.78 is 0. The first-order valence-electron chi connectivity index (χ1n) is 5.88. The summed E-state index contributed by atoms with van der Waals surface area (Å²) in [5.74, 6) is -2.71. The second kappa shape index (κ2) is 5.12. The third-order valence-electron chi connectivity index (χ3n) is 2.71. The first kappa shape index (κ1) is 13.7. The van der Waals surface area contributed by atoms with E-state index in [1.165, 1.54) is 26.0 Å². The molecule has 1 aliphatic rings. The third kappa shape index (κ3) is 2.37. The van der Waals surface area contributed by atoms with Crippen molar-refractivity contribution in [1.82, 2.24) is 10.4 Å². The molecule has 1 atom stereocenters. The predicted molar refractivity (Wildman–Crippen MR) is 66.3 cm³/mol. The van der Waals surface area contributed by atoms with Crippen molar-refractivity contribution in [3.8, 4) is 0 Å². The molecule has 1 aromatic rings. The Kier molecular flexibility index (Phi) is 3.51. The molecule has 0 saturated carbocycles. The second-order valence-electron chi connectivity index (χ2n) is 4.28. The minimum absolute atomic E-state index is 0.178. The molecule has 0 bridgehead atoms. The van der Waals surface area contributed by atoms with Crippen LogP contribution < -0.4 is 5.32 Å². The molecule has 104 valence electrons. The zero-order chi connectivity index (χ0) is 14.9. The van der Waals surface area contributed by atoms with Crippen molar-refractivity contribution in [2.75, 3.05) is 0 Å². The Morgan fingerprint density at radius 2 is 1.65 bits per heavy atom. The summed E-state index contributed by atoms with van der Waals surface area (Å²) >= 11 is 0. The highest BCUT2D eigenvalue weighted by molar-refractivity contribution is 6.20. The number of imide groups is 1. The largest absolute Gasteiger partial charge is 0.354 e. The van der Waals surface area contributed by atoms with Gasteiger partial charge in [0.2, 0.25) is 5.91 Å². The lowest BCUT2D eigenvalue weighted by molar-refractivity contribution is -0.171. The number of hydroxylamine groups is 2. The van der Waals surface area contributed by atoms with Gasteiger partial charge in [0.25, 0.3) is 11.8 Å². The van der Waals surface area contributed by atoms with Crippen molar-refractivity contribution in [3.05, 3.63) is 35.4 Å². The normalized spacial score (nSPS) is 14.8. The van der Waals surface area contributed by atoms with Crippen molar-refractivity contribution in [2.45, 2.75) is 19.9 Å². The minimum Gasteiger partial charge on any atom is -0.343 e. The number of carbonyl (C=O) groups excluding carboxylic acids is 4. The molecule has 0 saturated heterocycles. The molecule has 0 fully saturated rings. The van der Waals surface area contributed by atoms with E-state index in [1.807, 2.05) is 0 Å². The Hall–Kier alpha value is -2.70. The van der Waals surface area contributed by atoms with E-state index in [0.29, 0.717) is 5.06 Å². The van der Waals surface area contributed by atoms with Crippen LogP contribution in [0, 0.1) is 0 Å². The third-order valence-corrected chi connectivity index (χ3v) is 2.71. The van der Waals surface area contributed by atoms with Gasteiger partial charge in [-0.2, -0.15) is 0 Å². The number of hydrogen-bond donors (Lipinski definition) is 1. The fourth-order valence-corrected chi connectivity index (χ4v) is 1.78. The number of amides is 3. The van der Waals surface area contributed by atoms with Gasteiger partial charge in [0.05, 0.1) is 11.1 Å². The van der Waals surface area contributed by atoms with Crippen LogP contribution in [-0.2, 0) is 14.4 Å². The molecule has 0 aliphatic carbocycles. The number of carbonyl (C=O) groups is 4. The van der Waals surface area contributed by atoms with Gasteiger partial charge in [-0.15, -0.1) is 0 Å². The number of fused-ring (bicyclic) bond motifs is 1. The standard InChI is InChI=1S/C13H12N2O5/c1-7(14-8(2)16)13(19)20-15-11(17)9-5-3-4-6-10(9)12(15)18/h3-7H,1-2H3,(H,14,16). The minimum atomic E-state index is -0.961. The molecular formula is C13H12N2O5. The number of nitrogens with one attached hydrogen (secondary N) is 1. The summed E-state index contributed by atoms with van der Waals surface area (Å²) in [6.07, 6.45) is 0. The SMILES string of the molecule is CC(=O)NC(C)C(=O)ON1C(=O)c2ccccc2C1=O. The molecule has 7 heteroatoms. The predicted octanol–water partition coefficient (Wildman–Crippen LogP) is 0.265. The van der Waals surface area contributed by atoms with Gasteiger partial charge in [0, 0.05) is 6.92 Å². The molecule has 3 amide bonds. The highest BCUT2D eigenvalue weighted by atomic mass is 16.7. The van der Waals surface area contributed by atoms with Gasteiger partial charge >= 0.3 is 5.97 Å². The van der Waals surface area contributed by atoms with Crippen molar-refractivity contribution >= 4 is 23.7 Å². The van der Waals surface area contributed by atoms with Crippen LogP contribution >= 0.6 is 0 Å². The van der Waals surface area contributed by atoms with Crippen LogP contribution in [0.3, 0.4) is 0 Å². The maximum atomic E-state index is 11.9. The van der Waals surface area contributed by atoms with Crippen LogP contribution in [0.5, 0.6) is 0 Å². The molecular weight excluding hydrogens is 264 g/mol. The van der Waals surface area contributed by atoms with Crippen molar-refractivity contribution < 1.29 is 24.0 Å². The van der Waals surface area contributed by atoms with Gasteiger partial charge in [-0.25, -0.2) is 4.79 Å². The van der Waals surface area contributed by atoms with Crippen LogP contribution in [-0.4, -0.2) is 34.8 Å². The molecule has 0 aromatic heterocycles. The Balaban J connectivity index is 2.13. The van der Waals surface area contributed by atoms with E-state index in [2.05, 4.69) is 5.32 Å². The van der Waals surface area contributed by atoms with Gasteiger partial charge in [0.1, 0.15) is 6.04 Å². The lowest BCUT2D eigenvalue weighted by Gasteiger charge is -2.16. The van der Waals surface area contributed by atoms with E-state index in [-0.39, 0.29) is 11.1 Å². The summed E-state index contributed by atoms with van der Waals surface area (Å²) in [6.45, 7) is 2.63. The monoisotopic (exact) mass is 276 g/mol. The van der Waals surface area contributed by atoms with E-state index in [9.17, 15) is 19.2 Å². The molecule has 0 spiro atoms. The van der Waals surface area contributed by atoms with Crippen LogP contribution in [0.4, 0.5) is 0 Å². The highest BCUT2D eigenvalue weighted by Crippen LogP contribution is 2.22. The number of hydrogen-bond acceptors (Lipinski definition) is 5. The molecule has 7 nitrogen and oxygen atoms in total. The fraction of sp³-hybridized carbons (Fsp3) is 0.231. The van der Waals surface area contributed by atoms with Gasteiger partial charge in [-0.3, -0.25) is 14.4 Å². The van der Waals surface area contributed by atoms with Crippen molar-refractivity contribution in [1.29, 1.82) is 0 Å². The Morgan fingerprint density at radius 3 is 2.10 bits per heavy atom. The second-order valence-corrected chi connectivity index (χ2v) is 4.28. The van der Waals surface area contributed by atoms with Crippen LogP contribution in [0.25, 0.3) is 0 Å². The quantitative estimate of drug-likeness (QED) is 0.800. The summed E-state index contributed by atoms with van der Waals surface area (Å²) in [5, 5.41) is 2.71. The average Bonchev–Trinajstić information content (AvgIpc) is 2.64. The number of benzene rings is 1. The van der Waals surface area contributed by atoms with Crippen molar-refractivity contribution in [2.24, 2.45) is 0 Å². The Bertz CT molecular complexity index is 576. The smallest absolute Gasteiger partial charge is 0.343 e. The van der Waals surface area contributed by atoms with Gasteiger partial charge in [0.15, 0.2) is 0 Å². The lowest BCUT2D eigenvalue weighted by atomic mass is 10.1. The summed E-state index contributed by atoms with van der Waals surface area (Å²) in [5.41, 5.74) is 0.356. The molecule has 1 heterocycles. The zero-order valence-electron chi connectivity index (χ0n) is 10.9. The summed E-state index contributed by atoms with van der Waals surface area (Å²) in [7, 11) is 0. The van der Waals surface area contributed by atoms with E-state index in [1.54, 1.807) is 12.1 Å². The first-order chi connectivity index (χ1) is 9.41. The average molecular weight is 276 g/mol.